The maximum absolute atomic E-state index is 13.2. The van der Waals surface area contributed by atoms with Crippen LogP contribution in [0.5, 0.6) is 5.75 Å². The number of benzene rings is 1. The zero-order chi connectivity index (χ0) is 22.5. The van der Waals surface area contributed by atoms with Gasteiger partial charge in [-0.3, -0.25) is 19.1 Å². The zero-order valence-electron chi connectivity index (χ0n) is 17.6. The molecule has 1 aromatic carbocycles. The van der Waals surface area contributed by atoms with E-state index in [1.54, 1.807) is 23.9 Å². The van der Waals surface area contributed by atoms with E-state index in [0.717, 1.165) is 5.69 Å². The van der Waals surface area contributed by atoms with Crippen LogP contribution in [0.1, 0.15) is 19.0 Å². The number of anilines is 1. The van der Waals surface area contributed by atoms with Crippen molar-refractivity contribution in [1.29, 1.82) is 0 Å². The van der Waals surface area contributed by atoms with Crippen LogP contribution in [-0.4, -0.2) is 32.8 Å². The lowest BCUT2D eigenvalue weighted by atomic mass is 10.2. The average Bonchev–Trinajstić information content (AvgIpc) is 3.29. The Bertz CT molecular complexity index is 1290. The summed E-state index contributed by atoms with van der Waals surface area (Å²) in [4.78, 5) is 35.3. The Morgan fingerprint density at radius 1 is 1.25 bits per heavy atom. The molecule has 0 aliphatic rings. The average molecular weight is 467 g/mol. The van der Waals surface area contributed by atoms with Gasteiger partial charge in [0.05, 0.1) is 30.1 Å². The van der Waals surface area contributed by atoms with Crippen LogP contribution in [0.2, 0.25) is 0 Å². The molecule has 1 N–H and O–H groups in total. The molecular formula is C23H22N4O3S2. The number of carbonyl (C=O) groups is 1. The van der Waals surface area contributed by atoms with Gasteiger partial charge in [-0.2, -0.15) is 0 Å². The summed E-state index contributed by atoms with van der Waals surface area (Å²) < 4.78 is 7.43. The molecule has 0 saturated heterocycles. The van der Waals surface area contributed by atoms with Gasteiger partial charge >= 0.3 is 0 Å². The van der Waals surface area contributed by atoms with Crippen molar-refractivity contribution in [3.8, 4) is 5.75 Å². The van der Waals surface area contributed by atoms with Crippen LogP contribution in [0.3, 0.4) is 0 Å². The van der Waals surface area contributed by atoms with E-state index in [9.17, 15) is 9.59 Å². The van der Waals surface area contributed by atoms with Crippen LogP contribution in [0, 0.1) is 0 Å². The number of carbonyl (C=O) groups excluding carboxylic acids is 1. The second-order valence-electron chi connectivity index (χ2n) is 6.98. The van der Waals surface area contributed by atoms with Gasteiger partial charge in [0.2, 0.25) is 5.91 Å². The first kappa shape index (κ1) is 22.0. The zero-order valence-corrected chi connectivity index (χ0v) is 19.3. The predicted molar refractivity (Wildman–Crippen MR) is 129 cm³/mol. The molecule has 0 spiro atoms. The van der Waals surface area contributed by atoms with Crippen molar-refractivity contribution >= 4 is 44.9 Å². The number of pyridine rings is 1. The van der Waals surface area contributed by atoms with E-state index in [2.05, 4.69) is 10.3 Å². The molecule has 3 aromatic heterocycles. The van der Waals surface area contributed by atoms with Gasteiger partial charge in [0.25, 0.3) is 5.56 Å². The minimum Gasteiger partial charge on any atom is -0.497 e. The summed E-state index contributed by atoms with van der Waals surface area (Å²) >= 11 is 2.66. The van der Waals surface area contributed by atoms with Crippen LogP contribution in [0.25, 0.3) is 10.2 Å². The molecule has 0 aliphatic carbocycles. The highest BCUT2D eigenvalue weighted by Gasteiger charge is 2.23. The molecule has 0 bridgehead atoms. The van der Waals surface area contributed by atoms with Gasteiger partial charge < -0.3 is 10.1 Å². The number of hydrogen-bond acceptors (Lipinski definition) is 7. The molecule has 0 saturated carbocycles. The van der Waals surface area contributed by atoms with Gasteiger partial charge in [-0.15, -0.1) is 11.3 Å². The summed E-state index contributed by atoms with van der Waals surface area (Å²) in [6.45, 7) is 2.23. The maximum atomic E-state index is 13.2. The third-order valence-corrected chi connectivity index (χ3v) is 7.07. The molecule has 7 nitrogen and oxygen atoms in total. The first-order valence-corrected chi connectivity index (χ1v) is 11.8. The van der Waals surface area contributed by atoms with Crippen LogP contribution in [0.15, 0.2) is 70.1 Å². The molecule has 1 unspecified atom stereocenters. The second-order valence-corrected chi connectivity index (χ2v) is 9.06. The van der Waals surface area contributed by atoms with Crippen molar-refractivity contribution < 1.29 is 9.53 Å². The first-order chi connectivity index (χ1) is 15.6. The Morgan fingerprint density at radius 3 is 2.88 bits per heavy atom. The van der Waals surface area contributed by atoms with Gasteiger partial charge in [0.1, 0.15) is 10.4 Å². The lowest BCUT2D eigenvalue weighted by Crippen LogP contribution is -2.28. The molecular weight excluding hydrogens is 444 g/mol. The Morgan fingerprint density at radius 2 is 2.12 bits per heavy atom. The number of aromatic nitrogens is 3. The van der Waals surface area contributed by atoms with E-state index < -0.39 is 5.25 Å². The fourth-order valence-corrected chi connectivity index (χ4v) is 4.97. The van der Waals surface area contributed by atoms with E-state index in [0.29, 0.717) is 33.2 Å². The molecule has 0 aliphatic heterocycles. The van der Waals surface area contributed by atoms with Crippen molar-refractivity contribution in [2.75, 3.05) is 12.4 Å². The smallest absolute Gasteiger partial charge is 0.272 e. The van der Waals surface area contributed by atoms with Crippen molar-refractivity contribution in [3.63, 3.8) is 0 Å². The number of fused-ring (bicyclic) bond motifs is 1. The highest BCUT2D eigenvalue weighted by Crippen LogP contribution is 2.28. The number of methoxy groups -OCH3 is 1. The predicted octanol–water partition coefficient (Wildman–Crippen LogP) is 4.42. The molecule has 32 heavy (non-hydrogen) atoms. The van der Waals surface area contributed by atoms with Gasteiger partial charge in [0.15, 0.2) is 5.16 Å². The SMILES string of the molecule is CCC(Sc1nc2ccsc2c(=O)n1Cc1ccccn1)C(=O)Nc1cccc(OC)c1. The largest absolute Gasteiger partial charge is 0.497 e. The summed E-state index contributed by atoms with van der Waals surface area (Å²) in [5.41, 5.74) is 1.92. The van der Waals surface area contributed by atoms with Crippen LogP contribution in [0.4, 0.5) is 5.69 Å². The summed E-state index contributed by atoms with van der Waals surface area (Å²) in [7, 11) is 1.58. The number of amides is 1. The maximum Gasteiger partial charge on any atom is 0.272 e. The quantitative estimate of drug-likeness (QED) is 0.306. The molecule has 164 valence electrons. The molecule has 4 rings (SSSR count). The molecule has 0 fully saturated rings. The number of nitrogens with zero attached hydrogens (tertiary/aromatic N) is 3. The summed E-state index contributed by atoms with van der Waals surface area (Å²) in [6, 6.07) is 14.6. The van der Waals surface area contributed by atoms with E-state index in [1.165, 1.54) is 23.1 Å². The van der Waals surface area contributed by atoms with Gasteiger partial charge in [-0.1, -0.05) is 30.8 Å². The number of thiophene rings is 1. The summed E-state index contributed by atoms with van der Waals surface area (Å²) in [5, 5.41) is 4.86. The Hall–Kier alpha value is -3.17. The fraction of sp³-hybridized carbons (Fsp3) is 0.217. The first-order valence-electron chi connectivity index (χ1n) is 10.1. The lowest BCUT2D eigenvalue weighted by Gasteiger charge is -2.17. The number of thioether (sulfide) groups is 1. The van der Waals surface area contributed by atoms with E-state index in [1.807, 2.05) is 54.8 Å². The van der Waals surface area contributed by atoms with Crippen molar-refractivity contribution in [2.45, 2.75) is 30.3 Å². The Labute approximate surface area is 193 Å². The number of ether oxygens (including phenoxy) is 1. The number of rotatable bonds is 8. The van der Waals surface area contributed by atoms with Crippen molar-refractivity contribution in [1.82, 2.24) is 14.5 Å². The molecule has 0 radical (unpaired) electrons. The fourth-order valence-electron chi connectivity index (χ4n) is 3.18. The van der Waals surface area contributed by atoms with Gasteiger partial charge in [0, 0.05) is 18.0 Å². The van der Waals surface area contributed by atoms with Gasteiger partial charge in [-0.05, 0) is 42.1 Å². The highest BCUT2D eigenvalue weighted by molar-refractivity contribution is 8.00. The molecule has 1 atom stereocenters. The van der Waals surface area contributed by atoms with Gasteiger partial charge in [-0.25, -0.2) is 4.98 Å². The summed E-state index contributed by atoms with van der Waals surface area (Å²) in [6.07, 6.45) is 2.27. The topological polar surface area (TPSA) is 86.1 Å². The monoisotopic (exact) mass is 466 g/mol. The second kappa shape index (κ2) is 9.97. The minimum atomic E-state index is -0.431. The molecule has 3 heterocycles. The minimum absolute atomic E-state index is 0.124. The molecule has 9 heteroatoms. The summed E-state index contributed by atoms with van der Waals surface area (Å²) in [5.74, 6) is 0.507. The van der Waals surface area contributed by atoms with Crippen LogP contribution in [-0.2, 0) is 11.3 Å². The molecule has 1 amide bonds. The van der Waals surface area contributed by atoms with E-state index >= 15 is 0 Å². The Kier molecular flexibility index (Phi) is 6.87. The van der Waals surface area contributed by atoms with Crippen molar-refractivity contribution in [3.05, 3.63) is 76.2 Å². The normalized spacial score (nSPS) is 11.9. The lowest BCUT2D eigenvalue weighted by molar-refractivity contribution is -0.115. The van der Waals surface area contributed by atoms with Crippen LogP contribution < -0.4 is 15.6 Å². The number of hydrogen-bond donors (Lipinski definition) is 1. The van der Waals surface area contributed by atoms with Crippen molar-refractivity contribution in [2.24, 2.45) is 0 Å². The third-order valence-electron chi connectivity index (χ3n) is 4.83. The highest BCUT2D eigenvalue weighted by atomic mass is 32.2. The van der Waals surface area contributed by atoms with E-state index in [4.69, 9.17) is 9.72 Å². The third kappa shape index (κ3) is 4.84. The van der Waals surface area contributed by atoms with Crippen LogP contribution >= 0.6 is 23.1 Å². The number of nitrogens with one attached hydrogen (secondary N) is 1. The standard InChI is InChI=1S/C23H22N4O3S2/c1-3-19(21(28)25-15-8-6-9-17(13-15)30-2)32-23-26-18-10-12-31-20(18)22(29)27(23)14-16-7-4-5-11-24-16/h4-13,19H,3,14H2,1-2H3,(H,25,28). The molecule has 4 aromatic rings. The van der Waals surface area contributed by atoms with E-state index in [-0.39, 0.29) is 18.0 Å². The Balaban J connectivity index is 1.64.